The predicted octanol–water partition coefficient (Wildman–Crippen LogP) is 5.62. The lowest BCUT2D eigenvalue weighted by Crippen LogP contribution is -2.44. The summed E-state index contributed by atoms with van der Waals surface area (Å²) in [6, 6.07) is 15.3. The topological polar surface area (TPSA) is 56.3 Å². The normalized spacial score (nSPS) is 20.0. The Kier molecular flexibility index (Phi) is 6.42. The quantitative estimate of drug-likeness (QED) is 0.522. The summed E-state index contributed by atoms with van der Waals surface area (Å²) in [7, 11) is 1.56. The molecule has 0 amide bonds. The van der Waals surface area contributed by atoms with Crippen molar-refractivity contribution in [2.45, 2.75) is 44.1 Å². The molecule has 0 spiro atoms. The number of anilines is 1. The van der Waals surface area contributed by atoms with Crippen LogP contribution < -0.4 is 10.1 Å². The van der Waals surface area contributed by atoms with E-state index >= 15 is 0 Å². The molecular weight excluding hydrogens is 405 g/mol. The standard InChI is InChI=1S/C26H30FN3O2/c1-25(2)18-26(12-14-32-25,19-7-5-4-6-8-19)11-13-29-24-17-28-16-23(30-24)21-15-20(31-3)9-10-22(21)27/h4-10,15-17H,11-14,18H2,1-3H3,(H,29,30). The van der Waals surface area contributed by atoms with Crippen molar-refractivity contribution < 1.29 is 13.9 Å². The van der Waals surface area contributed by atoms with Gasteiger partial charge in [-0.1, -0.05) is 30.3 Å². The molecule has 1 saturated heterocycles. The molecule has 2 aromatic carbocycles. The average Bonchev–Trinajstić information content (AvgIpc) is 2.79. The van der Waals surface area contributed by atoms with Crippen LogP contribution in [0, 0.1) is 5.82 Å². The monoisotopic (exact) mass is 435 g/mol. The van der Waals surface area contributed by atoms with Crippen LogP contribution in [-0.4, -0.2) is 35.8 Å². The van der Waals surface area contributed by atoms with E-state index in [0.717, 1.165) is 32.4 Å². The fraction of sp³-hybridized carbons (Fsp3) is 0.385. The van der Waals surface area contributed by atoms with E-state index in [-0.39, 0.29) is 16.8 Å². The molecule has 1 fully saturated rings. The molecular formula is C26H30FN3O2. The van der Waals surface area contributed by atoms with Crippen molar-refractivity contribution in [2.75, 3.05) is 25.6 Å². The lowest BCUT2D eigenvalue weighted by atomic mass is 9.67. The number of methoxy groups -OCH3 is 1. The molecule has 1 aromatic heterocycles. The summed E-state index contributed by atoms with van der Waals surface area (Å²) >= 11 is 0. The van der Waals surface area contributed by atoms with Gasteiger partial charge < -0.3 is 14.8 Å². The van der Waals surface area contributed by atoms with E-state index in [4.69, 9.17) is 9.47 Å². The van der Waals surface area contributed by atoms with E-state index in [2.05, 4.69) is 59.5 Å². The maximum Gasteiger partial charge on any atom is 0.145 e. The highest BCUT2D eigenvalue weighted by molar-refractivity contribution is 5.62. The van der Waals surface area contributed by atoms with Crippen LogP contribution in [-0.2, 0) is 10.2 Å². The molecule has 2 heterocycles. The van der Waals surface area contributed by atoms with Gasteiger partial charge in [0, 0.05) is 24.1 Å². The highest BCUT2D eigenvalue weighted by atomic mass is 19.1. The summed E-state index contributed by atoms with van der Waals surface area (Å²) < 4.78 is 25.6. The maximum absolute atomic E-state index is 14.4. The summed E-state index contributed by atoms with van der Waals surface area (Å²) in [5, 5.41) is 3.40. The lowest BCUT2D eigenvalue weighted by Gasteiger charge is -2.45. The minimum absolute atomic E-state index is 0.0277. The van der Waals surface area contributed by atoms with Crippen molar-refractivity contribution in [3.63, 3.8) is 0 Å². The van der Waals surface area contributed by atoms with E-state index < -0.39 is 0 Å². The number of halogens is 1. The Balaban J connectivity index is 1.51. The van der Waals surface area contributed by atoms with Crippen LogP contribution in [0.2, 0.25) is 0 Å². The van der Waals surface area contributed by atoms with Crippen molar-refractivity contribution in [3.05, 3.63) is 72.3 Å². The van der Waals surface area contributed by atoms with Gasteiger partial charge in [0.15, 0.2) is 0 Å². The van der Waals surface area contributed by atoms with Crippen LogP contribution >= 0.6 is 0 Å². The summed E-state index contributed by atoms with van der Waals surface area (Å²) in [4.78, 5) is 8.86. The van der Waals surface area contributed by atoms with E-state index in [1.54, 1.807) is 31.6 Å². The molecule has 3 aromatic rings. The van der Waals surface area contributed by atoms with Gasteiger partial charge in [0.25, 0.3) is 0 Å². The molecule has 0 radical (unpaired) electrons. The molecule has 1 aliphatic rings. The van der Waals surface area contributed by atoms with Crippen molar-refractivity contribution in [2.24, 2.45) is 0 Å². The molecule has 6 heteroatoms. The van der Waals surface area contributed by atoms with Gasteiger partial charge >= 0.3 is 0 Å². The zero-order valence-corrected chi connectivity index (χ0v) is 18.9. The molecule has 1 atom stereocenters. The van der Waals surface area contributed by atoms with Crippen LogP contribution in [0.1, 0.15) is 38.7 Å². The van der Waals surface area contributed by atoms with E-state index in [1.807, 2.05) is 0 Å². The Morgan fingerprint density at radius 2 is 1.94 bits per heavy atom. The van der Waals surface area contributed by atoms with Gasteiger partial charge in [-0.15, -0.1) is 0 Å². The first kappa shape index (κ1) is 22.2. The Bertz CT molecular complexity index is 1060. The highest BCUT2D eigenvalue weighted by Crippen LogP contribution is 2.44. The van der Waals surface area contributed by atoms with Crippen LogP contribution in [0.3, 0.4) is 0 Å². The predicted molar refractivity (Wildman–Crippen MR) is 124 cm³/mol. The smallest absolute Gasteiger partial charge is 0.145 e. The Morgan fingerprint density at radius 1 is 1.12 bits per heavy atom. The van der Waals surface area contributed by atoms with Crippen molar-refractivity contribution in [3.8, 4) is 17.0 Å². The molecule has 0 aliphatic carbocycles. The lowest BCUT2D eigenvalue weighted by molar-refractivity contribution is -0.0835. The summed E-state index contributed by atoms with van der Waals surface area (Å²) in [6.45, 7) is 5.79. The first-order chi connectivity index (χ1) is 15.4. The van der Waals surface area contributed by atoms with E-state index in [9.17, 15) is 4.39 Å². The molecule has 168 valence electrons. The second-order valence-corrected chi connectivity index (χ2v) is 8.99. The molecule has 32 heavy (non-hydrogen) atoms. The first-order valence-electron chi connectivity index (χ1n) is 11.0. The van der Waals surface area contributed by atoms with Crippen LogP contribution in [0.5, 0.6) is 5.75 Å². The van der Waals surface area contributed by atoms with E-state index in [0.29, 0.717) is 22.8 Å². The Hall–Kier alpha value is -2.99. The fourth-order valence-electron chi connectivity index (χ4n) is 4.71. The molecule has 1 unspecified atom stereocenters. The molecule has 0 bridgehead atoms. The number of nitrogens with one attached hydrogen (secondary N) is 1. The fourth-order valence-corrected chi connectivity index (χ4v) is 4.71. The molecule has 5 nitrogen and oxygen atoms in total. The third-order valence-corrected chi connectivity index (χ3v) is 6.22. The van der Waals surface area contributed by atoms with Crippen LogP contribution in [0.25, 0.3) is 11.3 Å². The van der Waals surface area contributed by atoms with Gasteiger partial charge in [-0.3, -0.25) is 4.98 Å². The van der Waals surface area contributed by atoms with Gasteiger partial charge in [0.05, 0.1) is 30.8 Å². The number of nitrogens with zero attached hydrogens (tertiary/aromatic N) is 2. The van der Waals surface area contributed by atoms with Gasteiger partial charge in [0.1, 0.15) is 17.4 Å². The van der Waals surface area contributed by atoms with Gasteiger partial charge in [-0.05, 0) is 56.9 Å². The number of benzene rings is 2. The maximum atomic E-state index is 14.4. The van der Waals surface area contributed by atoms with Gasteiger partial charge in [-0.25, -0.2) is 9.37 Å². The highest BCUT2D eigenvalue weighted by Gasteiger charge is 2.41. The largest absolute Gasteiger partial charge is 0.497 e. The molecule has 1 N–H and O–H groups in total. The van der Waals surface area contributed by atoms with E-state index in [1.165, 1.54) is 11.6 Å². The SMILES string of the molecule is COc1ccc(F)c(-c2cncc(NCCC3(c4ccccc4)CCOC(C)(C)C3)n2)c1. The summed E-state index contributed by atoms with van der Waals surface area (Å²) in [5.74, 6) is 0.845. The third kappa shape index (κ3) is 4.91. The Labute approximate surface area is 189 Å². The third-order valence-electron chi connectivity index (χ3n) is 6.22. The summed E-state index contributed by atoms with van der Waals surface area (Å²) in [6.07, 6.45) is 6.10. The minimum Gasteiger partial charge on any atom is -0.497 e. The van der Waals surface area contributed by atoms with Crippen LogP contribution in [0.4, 0.5) is 10.2 Å². The number of hydrogen-bond acceptors (Lipinski definition) is 5. The molecule has 0 saturated carbocycles. The second-order valence-electron chi connectivity index (χ2n) is 8.99. The average molecular weight is 436 g/mol. The zero-order chi connectivity index (χ0) is 22.6. The van der Waals surface area contributed by atoms with Crippen molar-refractivity contribution in [1.29, 1.82) is 0 Å². The first-order valence-corrected chi connectivity index (χ1v) is 11.0. The number of rotatable bonds is 7. The van der Waals surface area contributed by atoms with Crippen molar-refractivity contribution in [1.82, 2.24) is 9.97 Å². The number of ether oxygens (including phenoxy) is 2. The van der Waals surface area contributed by atoms with Crippen molar-refractivity contribution >= 4 is 5.82 Å². The Morgan fingerprint density at radius 3 is 2.69 bits per heavy atom. The van der Waals surface area contributed by atoms with Crippen LogP contribution in [0.15, 0.2) is 60.9 Å². The van der Waals surface area contributed by atoms with Gasteiger partial charge in [0.2, 0.25) is 0 Å². The second kappa shape index (κ2) is 9.25. The zero-order valence-electron chi connectivity index (χ0n) is 18.9. The number of hydrogen-bond donors (Lipinski definition) is 1. The number of aromatic nitrogens is 2. The van der Waals surface area contributed by atoms with Gasteiger partial charge in [-0.2, -0.15) is 0 Å². The summed E-state index contributed by atoms with van der Waals surface area (Å²) in [5.41, 5.74) is 2.04. The molecule has 4 rings (SSSR count). The molecule has 1 aliphatic heterocycles. The minimum atomic E-state index is -0.357.